The number of ether oxygens (including phenoxy) is 2. The summed E-state index contributed by atoms with van der Waals surface area (Å²) in [5.74, 6) is 2.17. The number of fused-ring (bicyclic) bond motifs is 1. The van der Waals surface area contributed by atoms with Crippen LogP contribution in [0.5, 0.6) is 11.5 Å². The van der Waals surface area contributed by atoms with Crippen molar-refractivity contribution >= 4 is 34.7 Å². The normalized spacial score (nSPS) is 11.2. The zero-order chi connectivity index (χ0) is 15.5. The molecule has 0 saturated heterocycles. The van der Waals surface area contributed by atoms with Crippen molar-refractivity contribution in [1.82, 2.24) is 0 Å². The van der Waals surface area contributed by atoms with Crippen molar-refractivity contribution in [3.63, 3.8) is 0 Å². The topological polar surface area (TPSA) is 31.6 Å². The Bertz CT molecular complexity index is 833. The van der Waals surface area contributed by atoms with Gasteiger partial charge in [-0.3, -0.25) is 0 Å². The highest BCUT2D eigenvalue weighted by atomic mass is 35.5. The van der Waals surface area contributed by atoms with Gasteiger partial charge in [-0.2, -0.15) is 0 Å². The average Bonchev–Trinajstić information content (AvgIpc) is 2.94. The summed E-state index contributed by atoms with van der Waals surface area (Å²) in [5, 5.41) is 1.68. The van der Waals surface area contributed by atoms with Crippen molar-refractivity contribution in [3.05, 3.63) is 58.8 Å². The van der Waals surface area contributed by atoms with Crippen LogP contribution in [0.25, 0.3) is 23.1 Å². The summed E-state index contributed by atoms with van der Waals surface area (Å²) in [7, 11) is 3.24. The molecule has 3 aromatic rings. The van der Waals surface area contributed by atoms with Crippen LogP contribution < -0.4 is 9.47 Å². The summed E-state index contributed by atoms with van der Waals surface area (Å²) in [6.45, 7) is 0. The predicted molar refractivity (Wildman–Crippen MR) is 89.7 cm³/mol. The Hall–Kier alpha value is -2.39. The van der Waals surface area contributed by atoms with Gasteiger partial charge < -0.3 is 13.9 Å². The van der Waals surface area contributed by atoms with Crippen LogP contribution in [0.1, 0.15) is 11.3 Å². The number of furan rings is 1. The molecule has 0 amide bonds. The van der Waals surface area contributed by atoms with Gasteiger partial charge in [0.15, 0.2) is 11.5 Å². The first-order valence-corrected chi connectivity index (χ1v) is 7.16. The lowest BCUT2D eigenvalue weighted by Gasteiger charge is -2.07. The van der Waals surface area contributed by atoms with E-state index >= 15 is 0 Å². The van der Waals surface area contributed by atoms with E-state index in [1.165, 1.54) is 0 Å². The fraction of sp³-hybridized carbons (Fsp3) is 0.111. The predicted octanol–water partition coefficient (Wildman–Crippen LogP) is 5.27. The number of rotatable bonds is 4. The van der Waals surface area contributed by atoms with Crippen molar-refractivity contribution in [2.75, 3.05) is 14.2 Å². The highest BCUT2D eigenvalue weighted by molar-refractivity contribution is 6.31. The van der Waals surface area contributed by atoms with Crippen molar-refractivity contribution in [1.29, 1.82) is 0 Å². The lowest BCUT2D eigenvalue weighted by Crippen LogP contribution is -1.90. The van der Waals surface area contributed by atoms with Gasteiger partial charge >= 0.3 is 0 Å². The van der Waals surface area contributed by atoms with E-state index in [9.17, 15) is 0 Å². The molecular formula is C18H15ClO3. The summed E-state index contributed by atoms with van der Waals surface area (Å²) in [6, 6.07) is 13.3. The molecule has 112 valence electrons. The summed E-state index contributed by atoms with van der Waals surface area (Å²) in [5.41, 5.74) is 1.81. The van der Waals surface area contributed by atoms with E-state index in [2.05, 4.69) is 0 Å². The molecule has 0 bridgehead atoms. The Morgan fingerprint density at radius 1 is 0.909 bits per heavy atom. The Morgan fingerprint density at radius 2 is 1.73 bits per heavy atom. The van der Waals surface area contributed by atoms with E-state index in [4.69, 9.17) is 25.5 Å². The number of hydrogen-bond acceptors (Lipinski definition) is 3. The van der Waals surface area contributed by atoms with Gasteiger partial charge in [0, 0.05) is 10.4 Å². The third-order valence-corrected chi connectivity index (χ3v) is 3.58. The molecule has 22 heavy (non-hydrogen) atoms. The fourth-order valence-electron chi connectivity index (χ4n) is 2.25. The van der Waals surface area contributed by atoms with E-state index in [-0.39, 0.29) is 0 Å². The highest BCUT2D eigenvalue weighted by Gasteiger charge is 2.04. The van der Waals surface area contributed by atoms with Crippen molar-refractivity contribution in [3.8, 4) is 11.5 Å². The number of hydrogen-bond donors (Lipinski definition) is 0. The summed E-state index contributed by atoms with van der Waals surface area (Å²) < 4.78 is 16.3. The van der Waals surface area contributed by atoms with Crippen molar-refractivity contribution < 1.29 is 13.9 Å². The third kappa shape index (κ3) is 2.95. The van der Waals surface area contributed by atoms with Crippen LogP contribution in [0.4, 0.5) is 0 Å². The average molecular weight is 315 g/mol. The molecular weight excluding hydrogens is 300 g/mol. The van der Waals surface area contributed by atoms with Gasteiger partial charge in [-0.05, 0) is 48.0 Å². The Balaban J connectivity index is 1.89. The molecule has 0 atom stereocenters. The SMILES string of the molecule is COc1ccc(C=Cc2cc3cc(Cl)ccc3o2)cc1OC. The largest absolute Gasteiger partial charge is 0.493 e. The first kappa shape index (κ1) is 14.5. The maximum Gasteiger partial charge on any atom is 0.161 e. The van der Waals surface area contributed by atoms with Crippen LogP contribution in [0.3, 0.4) is 0 Å². The van der Waals surface area contributed by atoms with Crippen molar-refractivity contribution in [2.45, 2.75) is 0 Å². The summed E-state index contributed by atoms with van der Waals surface area (Å²) >= 11 is 5.98. The van der Waals surface area contributed by atoms with Gasteiger partial charge in [0.2, 0.25) is 0 Å². The van der Waals surface area contributed by atoms with Gasteiger partial charge in [-0.1, -0.05) is 23.7 Å². The zero-order valence-electron chi connectivity index (χ0n) is 12.3. The zero-order valence-corrected chi connectivity index (χ0v) is 13.1. The van der Waals surface area contributed by atoms with Crippen LogP contribution in [0, 0.1) is 0 Å². The van der Waals surface area contributed by atoms with E-state index < -0.39 is 0 Å². The minimum atomic E-state index is 0.695. The fourth-order valence-corrected chi connectivity index (χ4v) is 2.43. The molecule has 0 spiro atoms. The van der Waals surface area contributed by atoms with E-state index in [1.807, 2.05) is 54.6 Å². The van der Waals surface area contributed by atoms with E-state index in [1.54, 1.807) is 14.2 Å². The molecule has 0 aliphatic carbocycles. The van der Waals surface area contributed by atoms with Crippen LogP contribution in [0.15, 0.2) is 46.9 Å². The van der Waals surface area contributed by atoms with Crippen LogP contribution in [-0.4, -0.2) is 14.2 Å². The molecule has 2 aromatic carbocycles. The number of halogens is 1. The Labute approximate surface area is 133 Å². The van der Waals surface area contributed by atoms with Gasteiger partial charge in [-0.25, -0.2) is 0 Å². The standard InChI is InChI=1S/C18H15ClO3/c1-20-17-7-4-12(9-18(17)21-2)3-6-15-11-13-10-14(19)5-8-16(13)22-15/h3-11H,1-2H3. The molecule has 0 saturated carbocycles. The lowest BCUT2D eigenvalue weighted by atomic mass is 10.1. The lowest BCUT2D eigenvalue weighted by molar-refractivity contribution is 0.355. The molecule has 1 heterocycles. The summed E-state index contributed by atoms with van der Waals surface area (Å²) in [4.78, 5) is 0. The van der Waals surface area contributed by atoms with Crippen LogP contribution in [-0.2, 0) is 0 Å². The van der Waals surface area contributed by atoms with Crippen LogP contribution in [0.2, 0.25) is 5.02 Å². The van der Waals surface area contributed by atoms with Gasteiger partial charge in [0.05, 0.1) is 14.2 Å². The van der Waals surface area contributed by atoms with E-state index in [0.717, 1.165) is 22.3 Å². The smallest absolute Gasteiger partial charge is 0.161 e. The molecule has 0 radical (unpaired) electrons. The number of benzene rings is 2. The molecule has 4 heteroatoms. The van der Waals surface area contributed by atoms with Gasteiger partial charge in [-0.15, -0.1) is 0 Å². The molecule has 3 nitrogen and oxygen atoms in total. The second kappa shape index (κ2) is 6.16. The third-order valence-electron chi connectivity index (χ3n) is 3.35. The minimum absolute atomic E-state index is 0.695. The molecule has 3 rings (SSSR count). The molecule has 0 aliphatic rings. The molecule has 0 fully saturated rings. The molecule has 0 N–H and O–H groups in total. The maximum atomic E-state index is 5.98. The second-order valence-electron chi connectivity index (χ2n) is 4.78. The Morgan fingerprint density at radius 3 is 2.50 bits per heavy atom. The van der Waals surface area contributed by atoms with Gasteiger partial charge in [0.25, 0.3) is 0 Å². The monoisotopic (exact) mass is 314 g/mol. The minimum Gasteiger partial charge on any atom is -0.493 e. The maximum absolute atomic E-state index is 5.98. The first-order chi connectivity index (χ1) is 10.7. The van der Waals surface area contributed by atoms with Crippen LogP contribution >= 0.6 is 11.6 Å². The Kier molecular flexibility index (Phi) is 4.07. The molecule has 1 aromatic heterocycles. The number of methoxy groups -OCH3 is 2. The van der Waals surface area contributed by atoms with Gasteiger partial charge in [0.1, 0.15) is 11.3 Å². The van der Waals surface area contributed by atoms with E-state index in [0.29, 0.717) is 16.5 Å². The first-order valence-electron chi connectivity index (χ1n) is 6.79. The summed E-state index contributed by atoms with van der Waals surface area (Å²) in [6.07, 6.45) is 3.87. The second-order valence-corrected chi connectivity index (χ2v) is 5.22. The highest BCUT2D eigenvalue weighted by Crippen LogP contribution is 2.29. The quantitative estimate of drug-likeness (QED) is 0.657. The molecule has 0 aliphatic heterocycles. The molecule has 0 unspecified atom stereocenters. The van der Waals surface area contributed by atoms with Crippen molar-refractivity contribution in [2.24, 2.45) is 0 Å².